The highest BCUT2D eigenvalue weighted by molar-refractivity contribution is 9.12. The third-order valence-corrected chi connectivity index (χ3v) is 9.77. The van der Waals surface area contributed by atoms with E-state index in [9.17, 15) is 14.4 Å². The Bertz CT molecular complexity index is 978. The topological polar surface area (TPSA) is 63.7 Å². The number of rotatable bonds is 4. The third-order valence-electron chi connectivity index (χ3n) is 6.56. The van der Waals surface area contributed by atoms with Gasteiger partial charge in [0.05, 0.1) is 23.1 Å². The van der Waals surface area contributed by atoms with Gasteiger partial charge in [0.1, 0.15) is 6.61 Å². The second kappa shape index (κ2) is 7.61. The molecule has 1 saturated heterocycles. The highest BCUT2D eigenvalue weighted by Gasteiger charge is 2.66. The van der Waals surface area contributed by atoms with Gasteiger partial charge in [0, 0.05) is 9.65 Å². The lowest BCUT2D eigenvalue weighted by atomic mass is 9.81. The van der Waals surface area contributed by atoms with Gasteiger partial charge < -0.3 is 4.74 Å². The van der Waals surface area contributed by atoms with Crippen molar-refractivity contribution in [1.82, 2.24) is 0 Å². The van der Waals surface area contributed by atoms with Crippen molar-refractivity contribution >= 4 is 55.3 Å². The number of benzene rings is 2. The Hall–Kier alpha value is -1.99. The molecule has 5 nitrogen and oxygen atoms in total. The summed E-state index contributed by atoms with van der Waals surface area (Å²) in [6.45, 7) is 0.193. The van der Waals surface area contributed by atoms with Crippen molar-refractivity contribution in [1.29, 1.82) is 0 Å². The maximum Gasteiger partial charge on any atom is 0.338 e. The molecule has 2 aromatic rings. The van der Waals surface area contributed by atoms with Crippen LogP contribution in [0.2, 0.25) is 0 Å². The normalized spacial score (nSPS) is 31.9. The van der Waals surface area contributed by atoms with Crippen molar-refractivity contribution in [3.05, 3.63) is 65.7 Å². The van der Waals surface area contributed by atoms with E-state index in [0.717, 1.165) is 12.0 Å². The Morgan fingerprint density at radius 1 is 0.900 bits per heavy atom. The maximum atomic E-state index is 13.1. The number of halogens is 2. The van der Waals surface area contributed by atoms with E-state index in [2.05, 4.69) is 31.9 Å². The van der Waals surface area contributed by atoms with Crippen molar-refractivity contribution in [2.24, 2.45) is 23.7 Å². The molecule has 5 rings (SSSR count). The third kappa shape index (κ3) is 3.05. The molecule has 154 valence electrons. The first-order valence-electron chi connectivity index (χ1n) is 9.94. The van der Waals surface area contributed by atoms with Crippen LogP contribution in [0.4, 0.5) is 5.69 Å². The number of amides is 2. The van der Waals surface area contributed by atoms with Crippen LogP contribution < -0.4 is 4.90 Å². The highest BCUT2D eigenvalue weighted by atomic mass is 79.9. The molecule has 0 aromatic heterocycles. The quantitative estimate of drug-likeness (QED) is 0.334. The SMILES string of the molecule is O=C(OCc1ccccc1)c1ccc(N2C(=O)[C@@H]3[C@@H]4C[C@H]([C@H](Br)[C@@H]4Br)[C@@H]3C2=O)cc1. The van der Waals surface area contributed by atoms with Crippen LogP contribution >= 0.6 is 31.9 Å². The molecule has 6 atom stereocenters. The number of imide groups is 1. The summed E-state index contributed by atoms with van der Waals surface area (Å²) in [4.78, 5) is 40.2. The largest absolute Gasteiger partial charge is 0.457 e. The van der Waals surface area contributed by atoms with Gasteiger partial charge in [-0.2, -0.15) is 0 Å². The maximum absolute atomic E-state index is 13.1. The lowest BCUT2D eigenvalue weighted by Gasteiger charge is -2.28. The summed E-state index contributed by atoms with van der Waals surface area (Å²) in [5, 5.41) is 0. The summed E-state index contributed by atoms with van der Waals surface area (Å²) in [5.74, 6) is -0.839. The van der Waals surface area contributed by atoms with E-state index >= 15 is 0 Å². The van der Waals surface area contributed by atoms with Crippen LogP contribution in [0, 0.1) is 23.7 Å². The number of carbonyl (C=O) groups excluding carboxylic acids is 3. The van der Waals surface area contributed by atoms with Crippen molar-refractivity contribution in [3.63, 3.8) is 0 Å². The van der Waals surface area contributed by atoms with E-state index in [0.29, 0.717) is 11.3 Å². The molecule has 2 bridgehead atoms. The van der Waals surface area contributed by atoms with Crippen molar-refractivity contribution in [2.75, 3.05) is 4.90 Å². The zero-order chi connectivity index (χ0) is 21.0. The number of carbonyl (C=O) groups is 3. The molecular weight excluding hydrogens is 514 g/mol. The molecule has 3 aliphatic rings. The first-order valence-corrected chi connectivity index (χ1v) is 11.8. The minimum atomic E-state index is -0.441. The number of fused-ring (bicyclic) bond motifs is 5. The molecule has 30 heavy (non-hydrogen) atoms. The number of nitrogens with zero attached hydrogens (tertiary/aromatic N) is 1. The second-order valence-corrected chi connectivity index (χ2v) is 10.2. The fourth-order valence-corrected chi connectivity index (χ4v) is 7.03. The molecule has 2 saturated carbocycles. The molecule has 2 amide bonds. The van der Waals surface area contributed by atoms with Crippen molar-refractivity contribution < 1.29 is 19.1 Å². The minimum Gasteiger partial charge on any atom is -0.457 e. The Morgan fingerprint density at radius 3 is 2.03 bits per heavy atom. The summed E-state index contributed by atoms with van der Waals surface area (Å²) in [5.41, 5.74) is 1.80. The van der Waals surface area contributed by atoms with Crippen LogP contribution in [-0.4, -0.2) is 27.4 Å². The van der Waals surface area contributed by atoms with E-state index < -0.39 is 5.97 Å². The Balaban J connectivity index is 1.31. The summed E-state index contributed by atoms with van der Waals surface area (Å²) in [6.07, 6.45) is 0.901. The molecule has 2 aliphatic carbocycles. The van der Waals surface area contributed by atoms with Gasteiger partial charge >= 0.3 is 5.97 Å². The van der Waals surface area contributed by atoms with Crippen LogP contribution in [0.15, 0.2) is 54.6 Å². The molecule has 0 spiro atoms. The van der Waals surface area contributed by atoms with Gasteiger partial charge in [0.25, 0.3) is 0 Å². The fourth-order valence-electron chi connectivity index (χ4n) is 5.16. The Kier molecular flexibility index (Phi) is 5.06. The van der Waals surface area contributed by atoms with Crippen LogP contribution in [0.25, 0.3) is 0 Å². The summed E-state index contributed by atoms with van der Waals surface area (Å²) < 4.78 is 5.35. The van der Waals surface area contributed by atoms with Crippen LogP contribution in [0.3, 0.4) is 0 Å². The Labute approximate surface area is 191 Å². The fraction of sp³-hybridized carbons (Fsp3) is 0.348. The lowest BCUT2D eigenvalue weighted by Crippen LogP contribution is -2.37. The van der Waals surface area contributed by atoms with Gasteiger partial charge in [-0.05, 0) is 48.1 Å². The highest BCUT2D eigenvalue weighted by Crippen LogP contribution is 2.60. The molecule has 0 unspecified atom stereocenters. The summed E-state index contributed by atoms with van der Waals surface area (Å²) in [7, 11) is 0. The number of hydrogen-bond donors (Lipinski definition) is 0. The first-order chi connectivity index (χ1) is 14.5. The molecule has 7 heteroatoms. The predicted octanol–water partition coefficient (Wildman–Crippen LogP) is 4.33. The van der Waals surface area contributed by atoms with Gasteiger partial charge in [-0.15, -0.1) is 0 Å². The molecule has 2 aromatic carbocycles. The second-order valence-electron chi connectivity index (χ2n) is 8.12. The minimum absolute atomic E-state index is 0.124. The zero-order valence-corrected chi connectivity index (χ0v) is 19.1. The van der Waals surface area contributed by atoms with Crippen LogP contribution in [0.5, 0.6) is 0 Å². The van der Waals surface area contributed by atoms with E-state index in [-0.39, 0.29) is 51.7 Å². The van der Waals surface area contributed by atoms with E-state index in [4.69, 9.17) is 4.74 Å². The van der Waals surface area contributed by atoms with Crippen molar-refractivity contribution in [3.8, 4) is 0 Å². The van der Waals surface area contributed by atoms with E-state index in [1.807, 2.05) is 30.3 Å². The lowest BCUT2D eigenvalue weighted by molar-refractivity contribution is -0.123. The van der Waals surface area contributed by atoms with Crippen LogP contribution in [0.1, 0.15) is 22.3 Å². The molecule has 3 fully saturated rings. The van der Waals surface area contributed by atoms with Crippen molar-refractivity contribution in [2.45, 2.75) is 22.7 Å². The molecule has 1 heterocycles. The summed E-state index contributed by atoms with van der Waals surface area (Å²) in [6, 6.07) is 16.0. The molecule has 0 radical (unpaired) electrons. The smallest absolute Gasteiger partial charge is 0.338 e. The van der Waals surface area contributed by atoms with Crippen LogP contribution in [-0.2, 0) is 20.9 Å². The monoisotopic (exact) mass is 531 g/mol. The standard InChI is InChI=1S/C23H19Br2NO4/c24-19-15-10-16(20(19)25)18-17(15)21(27)26(22(18)28)14-8-6-13(7-9-14)23(29)30-11-12-4-2-1-3-5-12/h1-9,15-20H,10-11H2/t15-,16-,17-,18+,19-,20+/m0/s1. The van der Waals surface area contributed by atoms with Gasteiger partial charge in [0.2, 0.25) is 11.8 Å². The van der Waals surface area contributed by atoms with E-state index in [1.54, 1.807) is 24.3 Å². The predicted molar refractivity (Wildman–Crippen MR) is 119 cm³/mol. The molecular formula is C23H19Br2NO4. The Morgan fingerprint density at radius 2 is 1.47 bits per heavy atom. The average Bonchev–Trinajstić information content (AvgIpc) is 3.38. The van der Waals surface area contributed by atoms with Gasteiger partial charge in [-0.25, -0.2) is 4.79 Å². The molecule has 0 N–H and O–H groups in total. The molecule has 1 aliphatic heterocycles. The average molecular weight is 533 g/mol. The first kappa shape index (κ1) is 19.9. The van der Waals surface area contributed by atoms with Gasteiger partial charge in [-0.3, -0.25) is 14.5 Å². The van der Waals surface area contributed by atoms with E-state index in [1.165, 1.54) is 4.90 Å². The zero-order valence-electron chi connectivity index (χ0n) is 15.9. The number of ether oxygens (including phenoxy) is 1. The number of alkyl halides is 2. The summed E-state index contributed by atoms with van der Waals surface area (Å²) >= 11 is 7.39. The number of hydrogen-bond acceptors (Lipinski definition) is 4. The van der Waals surface area contributed by atoms with Gasteiger partial charge in [-0.1, -0.05) is 62.2 Å². The number of esters is 1. The van der Waals surface area contributed by atoms with Gasteiger partial charge in [0.15, 0.2) is 0 Å². The number of anilines is 1.